The van der Waals surface area contributed by atoms with Gasteiger partial charge in [-0.05, 0) is 44.0 Å². The van der Waals surface area contributed by atoms with Gasteiger partial charge in [-0.2, -0.15) is 0 Å². The molecule has 0 radical (unpaired) electrons. The van der Waals surface area contributed by atoms with Crippen LogP contribution < -0.4 is 10.5 Å². The van der Waals surface area contributed by atoms with Gasteiger partial charge in [-0.25, -0.2) is 9.02 Å². The van der Waals surface area contributed by atoms with Crippen LogP contribution in [0.25, 0.3) is 0 Å². The molecule has 1 unspecified atom stereocenters. The van der Waals surface area contributed by atoms with Crippen molar-refractivity contribution < 1.29 is 13.8 Å². The lowest BCUT2D eigenvalue weighted by Gasteiger charge is -2.12. The van der Waals surface area contributed by atoms with Crippen molar-refractivity contribution in [1.82, 2.24) is 10.3 Å². The molecule has 0 saturated carbocycles. The summed E-state index contributed by atoms with van der Waals surface area (Å²) in [6.45, 7) is 3.87. The normalized spacial score (nSPS) is 12.4. The molecule has 0 spiro atoms. The van der Waals surface area contributed by atoms with Gasteiger partial charge in [0.15, 0.2) is 0 Å². The van der Waals surface area contributed by atoms with Gasteiger partial charge in [0.2, 0.25) is 0 Å². The minimum Gasteiger partial charge on any atom is -0.487 e. The van der Waals surface area contributed by atoms with E-state index in [4.69, 9.17) is 10.5 Å². The average molecular weight is 265 g/mol. The standard InChI is InChI=1S/C13H16FN3O2/c1-8(15)5-10-6-11(14)3-4-13(10)18-7-12-9(2)16-19-17-12/h3-4,6,8H,5,7,15H2,1-2H3. The Labute approximate surface area is 110 Å². The van der Waals surface area contributed by atoms with Crippen molar-refractivity contribution in [2.75, 3.05) is 0 Å². The van der Waals surface area contributed by atoms with E-state index in [0.717, 1.165) is 5.56 Å². The summed E-state index contributed by atoms with van der Waals surface area (Å²) in [4.78, 5) is 0. The van der Waals surface area contributed by atoms with Crippen LogP contribution in [0.15, 0.2) is 22.8 Å². The van der Waals surface area contributed by atoms with Crippen LogP contribution in [0.1, 0.15) is 23.9 Å². The Kier molecular flexibility index (Phi) is 4.11. The number of hydrogen-bond donors (Lipinski definition) is 1. The fourth-order valence-electron chi connectivity index (χ4n) is 1.72. The quantitative estimate of drug-likeness (QED) is 0.894. The first-order chi connectivity index (χ1) is 9.06. The molecular formula is C13H16FN3O2. The number of halogens is 1. The molecule has 0 aliphatic heterocycles. The SMILES string of the molecule is Cc1nonc1COc1ccc(F)cc1CC(C)N. The van der Waals surface area contributed by atoms with E-state index in [9.17, 15) is 4.39 Å². The molecule has 19 heavy (non-hydrogen) atoms. The molecule has 1 heterocycles. The summed E-state index contributed by atoms with van der Waals surface area (Å²) in [6, 6.07) is 4.32. The molecule has 0 saturated heterocycles. The van der Waals surface area contributed by atoms with Gasteiger partial charge in [-0.3, -0.25) is 0 Å². The lowest BCUT2D eigenvalue weighted by atomic mass is 10.1. The first-order valence-corrected chi connectivity index (χ1v) is 6.01. The Morgan fingerprint density at radius 2 is 2.21 bits per heavy atom. The lowest BCUT2D eigenvalue weighted by molar-refractivity contribution is 0.268. The summed E-state index contributed by atoms with van der Waals surface area (Å²) < 4.78 is 23.5. The van der Waals surface area contributed by atoms with E-state index >= 15 is 0 Å². The molecule has 0 aliphatic rings. The third kappa shape index (κ3) is 3.51. The van der Waals surface area contributed by atoms with Gasteiger partial charge < -0.3 is 10.5 Å². The Hall–Kier alpha value is -1.95. The highest BCUT2D eigenvalue weighted by atomic mass is 19.1. The smallest absolute Gasteiger partial charge is 0.145 e. The molecule has 2 rings (SSSR count). The van der Waals surface area contributed by atoms with E-state index < -0.39 is 0 Å². The first-order valence-electron chi connectivity index (χ1n) is 6.01. The number of benzene rings is 1. The van der Waals surface area contributed by atoms with Crippen LogP contribution in [-0.2, 0) is 13.0 Å². The highest BCUT2D eigenvalue weighted by Crippen LogP contribution is 2.22. The number of aromatic nitrogens is 2. The number of aryl methyl sites for hydroxylation is 1. The van der Waals surface area contributed by atoms with Crippen molar-refractivity contribution in [1.29, 1.82) is 0 Å². The zero-order valence-corrected chi connectivity index (χ0v) is 10.9. The average Bonchev–Trinajstić information content (AvgIpc) is 2.73. The van der Waals surface area contributed by atoms with E-state index in [1.165, 1.54) is 12.1 Å². The van der Waals surface area contributed by atoms with Crippen molar-refractivity contribution in [2.45, 2.75) is 32.9 Å². The Morgan fingerprint density at radius 3 is 2.84 bits per heavy atom. The molecule has 6 heteroatoms. The molecule has 0 amide bonds. The van der Waals surface area contributed by atoms with E-state index in [1.807, 2.05) is 6.92 Å². The van der Waals surface area contributed by atoms with Crippen molar-refractivity contribution >= 4 is 0 Å². The molecule has 1 aromatic carbocycles. The second-order valence-corrected chi connectivity index (χ2v) is 4.52. The third-order valence-corrected chi connectivity index (χ3v) is 2.68. The maximum absolute atomic E-state index is 13.2. The van der Waals surface area contributed by atoms with E-state index in [0.29, 0.717) is 23.6 Å². The molecule has 5 nitrogen and oxygen atoms in total. The molecule has 1 aromatic heterocycles. The third-order valence-electron chi connectivity index (χ3n) is 2.68. The number of hydrogen-bond acceptors (Lipinski definition) is 5. The van der Waals surface area contributed by atoms with Crippen molar-refractivity contribution in [3.63, 3.8) is 0 Å². The highest BCUT2D eigenvalue weighted by Gasteiger charge is 2.10. The summed E-state index contributed by atoms with van der Waals surface area (Å²) in [6.07, 6.45) is 0.545. The summed E-state index contributed by atoms with van der Waals surface area (Å²) in [7, 11) is 0. The Balaban J connectivity index is 2.13. The number of nitrogens with two attached hydrogens (primary N) is 1. The van der Waals surface area contributed by atoms with E-state index in [1.54, 1.807) is 13.0 Å². The first kappa shape index (κ1) is 13.5. The summed E-state index contributed by atoms with van der Waals surface area (Å²) in [5, 5.41) is 7.40. The van der Waals surface area contributed by atoms with Crippen molar-refractivity contribution in [2.24, 2.45) is 5.73 Å². The minimum absolute atomic E-state index is 0.0698. The van der Waals surface area contributed by atoms with Crippen molar-refractivity contribution in [3.05, 3.63) is 41.0 Å². The van der Waals surface area contributed by atoms with Gasteiger partial charge in [0.25, 0.3) is 0 Å². The fourth-order valence-corrected chi connectivity index (χ4v) is 1.72. The summed E-state index contributed by atoms with van der Waals surface area (Å²) in [5.74, 6) is 0.295. The molecule has 2 N–H and O–H groups in total. The summed E-state index contributed by atoms with van der Waals surface area (Å²) >= 11 is 0. The highest BCUT2D eigenvalue weighted by molar-refractivity contribution is 5.34. The minimum atomic E-state index is -0.303. The summed E-state index contributed by atoms with van der Waals surface area (Å²) in [5.41, 5.74) is 7.78. The second-order valence-electron chi connectivity index (χ2n) is 4.52. The zero-order valence-electron chi connectivity index (χ0n) is 10.9. The molecule has 0 fully saturated rings. The Bertz CT molecular complexity index is 555. The predicted molar refractivity (Wildman–Crippen MR) is 67.1 cm³/mol. The molecule has 102 valence electrons. The van der Waals surface area contributed by atoms with Crippen LogP contribution in [0.3, 0.4) is 0 Å². The number of ether oxygens (including phenoxy) is 1. The molecule has 1 atom stereocenters. The predicted octanol–water partition coefficient (Wildman–Crippen LogP) is 1.99. The molecular weight excluding hydrogens is 249 g/mol. The van der Waals surface area contributed by atoms with Crippen LogP contribution in [0.5, 0.6) is 5.75 Å². The van der Waals surface area contributed by atoms with Crippen LogP contribution in [0, 0.1) is 12.7 Å². The largest absolute Gasteiger partial charge is 0.487 e. The van der Waals surface area contributed by atoms with Crippen LogP contribution in [0.2, 0.25) is 0 Å². The van der Waals surface area contributed by atoms with E-state index in [-0.39, 0.29) is 18.5 Å². The van der Waals surface area contributed by atoms with Gasteiger partial charge in [-0.1, -0.05) is 10.3 Å². The maximum Gasteiger partial charge on any atom is 0.145 e. The monoisotopic (exact) mass is 265 g/mol. The van der Waals surface area contributed by atoms with Gasteiger partial charge in [0, 0.05) is 6.04 Å². The molecule has 2 aromatic rings. The molecule has 0 bridgehead atoms. The van der Waals surface area contributed by atoms with Crippen LogP contribution in [0.4, 0.5) is 4.39 Å². The lowest BCUT2D eigenvalue weighted by Crippen LogP contribution is -2.18. The van der Waals surface area contributed by atoms with Gasteiger partial charge >= 0.3 is 0 Å². The fraction of sp³-hybridized carbons (Fsp3) is 0.385. The Morgan fingerprint density at radius 1 is 1.42 bits per heavy atom. The topological polar surface area (TPSA) is 74.2 Å². The van der Waals surface area contributed by atoms with Gasteiger partial charge in [-0.15, -0.1) is 0 Å². The molecule has 0 aliphatic carbocycles. The van der Waals surface area contributed by atoms with E-state index in [2.05, 4.69) is 14.9 Å². The number of nitrogens with zero attached hydrogens (tertiary/aromatic N) is 2. The van der Waals surface area contributed by atoms with Crippen molar-refractivity contribution in [3.8, 4) is 5.75 Å². The van der Waals surface area contributed by atoms with Gasteiger partial charge in [0.1, 0.15) is 29.6 Å². The van der Waals surface area contributed by atoms with Crippen LogP contribution >= 0.6 is 0 Å². The zero-order chi connectivity index (χ0) is 13.8. The van der Waals surface area contributed by atoms with Gasteiger partial charge in [0.05, 0.1) is 0 Å². The number of rotatable bonds is 5. The second kappa shape index (κ2) is 5.79. The van der Waals surface area contributed by atoms with Crippen LogP contribution in [-0.4, -0.2) is 16.4 Å². The maximum atomic E-state index is 13.2.